The molecule has 0 saturated carbocycles. The zero-order chi connectivity index (χ0) is 21.1. The summed E-state index contributed by atoms with van der Waals surface area (Å²) in [5.41, 5.74) is 2.97. The van der Waals surface area contributed by atoms with E-state index in [1.165, 1.54) is 6.07 Å². The zero-order valence-electron chi connectivity index (χ0n) is 17.5. The predicted octanol–water partition coefficient (Wildman–Crippen LogP) is 4.09. The number of thioether (sulfide) groups is 1. The van der Waals surface area contributed by atoms with Gasteiger partial charge in [0.1, 0.15) is 11.6 Å². The molecule has 2 aromatic rings. The van der Waals surface area contributed by atoms with E-state index in [-0.39, 0.29) is 42.1 Å². The molecule has 3 N–H and O–H groups in total. The van der Waals surface area contributed by atoms with Crippen molar-refractivity contribution in [2.75, 3.05) is 24.7 Å². The maximum atomic E-state index is 13.5. The zero-order valence-corrected chi connectivity index (χ0v) is 20.6. The van der Waals surface area contributed by atoms with E-state index < -0.39 is 0 Å². The van der Waals surface area contributed by atoms with Gasteiger partial charge in [-0.05, 0) is 55.0 Å². The van der Waals surface area contributed by atoms with Crippen LogP contribution in [0.1, 0.15) is 30.0 Å². The molecule has 0 radical (unpaired) electrons. The van der Waals surface area contributed by atoms with Gasteiger partial charge >= 0.3 is 0 Å². The molecule has 9 heteroatoms. The molecule has 0 aliphatic rings. The van der Waals surface area contributed by atoms with Crippen molar-refractivity contribution >= 4 is 53.4 Å². The van der Waals surface area contributed by atoms with E-state index in [9.17, 15) is 9.18 Å². The lowest BCUT2D eigenvalue weighted by Gasteiger charge is -2.12. The minimum atomic E-state index is -0.235. The van der Waals surface area contributed by atoms with Crippen LogP contribution in [-0.4, -0.2) is 36.2 Å². The van der Waals surface area contributed by atoms with Gasteiger partial charge in [-0.3, -0.25) is 4.79 Å². The summed E-state index contributed by atoms with van der Waals surface area (Å²) in [6, 6.07) is 8.47. The Bertz CT molecular complexity index is 833. The molecule has 30 heavy (non-hydrogen) atoms. The molecule has 0 unspecified atom stereocenters. The molecule has 0 spiro atoms. The third kappa shape index (κ3) is 9.29. The van der Waals surface area contributed by atoms with Gasteiger partial charge in [0.05, 0.1) is 6.54 Å². The van der Waals surface area contributed by atoms with E-state index in [0.717, 1.165) is 22.4 Å². The fourth-order valence-corrected chi connectivity index (χ4v) is 3.17. The number of pyridine rings is 1. The SMILES string of the molecule is CCNC(=NCc1ccc(F)cc1CSC)NCCC(=O)Nc1ccc(C)cn1.I. The number of anilines is 1. The highest BCUT2D eigenvalue weighted by Crippen LogP contribution is 2.17. The second-order valence-electron chi connectivity index (χ2n) is 6.49. The first-order valence-electron chi connectivity index (χ1n) is 9.52. The van der Waals surface area contributed by atoms with Gasteiger partial charge in [-0.2, -0.15) is 11.8 Å². The minimum absolute atomic E-state index is 0. The van der Waals surface area contributed by atoms with Crippen molar-refractivity contribution in [2.24, 2.45) is 4.99 Å². The van der Waals surface area contributed by atoms with Crippen molar-refractivity contribution in [1.29, 1.82) is 0 Å². The highest BCUT2D eigenvalue weighted by atomic mass is 127. The summed E-state index contributed by atoms with van der Waals surface area (Å²) in [6.07, 6.45) is 3.99. The molecule has 2 rings (SSSR count). The van der Waals surface area contributed by atoms with E-state index in [2.05, 4.69) is 25.9 Å². The van der Waals surface area contributed by atoms with Crippen LogP contribution in [0.25, 0.3) is 0 Å². The fraction of sp³-hybridized carbons (Fsp3) is 0.381. The van der Waals surface area contributed by atoms with Crippen LogP contribution in [0, 0.1) is 12.7 Å². The van der Waals surface area contributed by atoms with Gasteiger partial charge in [0.15, 0.2) is 5.96 Å². The summed E-state index contributed by atoms with van der Waals surface area (Å²) in [5, 5.41) is 9.09. The van der Waals surface area contributed by atoms with E-state index in [0.29, 0.717) is 31.4 Å². The van der Waals surface area contributed by atoms with Crippen LogP contribution in [0.4, 0.5) is 10.2 Å². The summed E-state index contributed by atoms with van der Waals surface area (Å²) >= 11 is 1.64. The highest BCUT2D eigenvalue weighted by molar-refractivity contribution is 14.0. The molecular formula is C21H29FIN5OS. The van der Waals surface area contributed by atoms with E-state index in [4.69, 9.17) is 0 Å². The number of hydrogen-bond donors (Lipinski definition) is 3. The molecule has 0 atom stereocenters. The number of benzene rings is 1. The lowest BCUT2D eigenvalue weighted by atomic mass is 10.1. The normalized spacial score (nSPS) is 10.9. The van der Waals surface area contributed by atoms with Gasteiger partial charge in [0, 0.05) is 31.5 Å². The molecule has 0 fully saturated rings. The largest absolute Gasteiger partial charge is 0.357 e. The smallest absolute Gasteiger partial charge is 0.227 e. The molecule has 1 aromatic heterocycles. The van der Waals surface area contributed by atoms with Gasteiger partial charge in [-0.25, -0.2) is 14.4 Å². The summed E-state index contributed by atoms with van der Waals surface area (Å²) in [7, 11) is 0. The molecule has 6 nitrogen and oxygen atoms in total. The number of hydrogen-bond acceptors (Lipinski definition) is 4. The number of rotatable bonds is 9. The standard InChI is InChI=1S/C21H28FN5OS.HI/c1-4-23-21(26-13-16-6-7-18(22)11-17(16)14-29-3)24-10-9-20(28)27-19-8-5-15(2)12-25-19;/h5-8,11-12H,4,9-10,13-14H2,1-3H3,(H2,23,24,26)(H,25,27,28);1H. The van der Waals surface area contributed by atoms with Gasteiger partial charge in [0.2, 0.25) is 5.91 Å². The molecule has 1 heterocycles. The molecule has 0 saturated heterocycles. The summed E-state index contributed by atoms with van der Waals surface area (Å²) in [6.45, 7) is 5.49. The van der Waals surface area contributed by atoms with Crippen LogP contribution < -0.4 is 16.0 Å². The third-order valence-corrected chi connectivity index (χ3v) is 4.64. The van der Waals surface area contributed by atoms with Gasteiger partial charge in [0.25, 0.3) is 0 Å². The molecule has 0 aliphatic carbocycles. The second-order valence-corrected chi connectivity index (χ2v) is 7.35. The number of aromatic nitrogens is 1. The maximum Gasteiger partial charge on any atom is 0.227 e. The number of carbonyl (C=O) groups excluding carboxylic acids is 1. The Hall–Kier alpha value is -1.88. The Morgan fingerprint density at radius 2 is 2.00 bits per heavy atom. The highest BCUT2D eigenvalue weighted by Gasteiger charge is 2.06. The summed E-state index contributed by atoms with van der Waals surface area (Å²) in [4.78, 5) is 20.8. The summed E-state index contributed by atoms with van der Waals surface area (Å²) < 4.78 is 13.5. The number of nitrogens with zero attached hydrogens (tertiary/aromatic N) is 2. The lowest BCUT2D eigenvalue weighted by molar-refractivity contribution is -0.116. The number of halogens is 2. The van der Waals surface area contributed by atoms with Crippen molar-refractivity contribution < 1.29 is 9.18 Å². The van der Waals surface area contributed by atoms with Crippen molar-refractivity contribution in [3.05, 3.63) is 59.0 Å². The van der Waals surface area contributed by atoms with Gasteiger partial charge < -0.3 is 16.0 Å². The number of nitrogens with one attached hydrogen (secondary N) is 3. The second kappa shape index (κ2) is 14.2. The minimum Gasteiger partial charge on any atom is -0.357 e. The Labute approximate surface area is 198 Å². The quantitative estimate of drug-likeness (QED) is 0.252. The van der Waals surface area contributed by atoms with Crippen LogP contribution in [0.2, 0.25) is 0 Å². The van der Waals surface area contributed by atoms with Crippen molar-refractivity contribution in [1.82, 2.24) is 15.6 Å². The number of carbonyl (C=O) groups is 1. The van der Waals surface area contributed by atoms with Crippen LogP contribution in [-0.2, 0) is 17.1 Å². The average Bonchev–Trinajstić information content (AvgIpc) is 2.69. The van der Waals surface area contributed by atoms with E-state index >= 15 is 0 Å². The van der Waals surface area contributed by atoms with Crippen molar-refractivity contribution in [2.45, 2.75) is 32.6 Å². The molecule has 164 valence electrons. The van der Waals surface area contributed by atoms with Crippen LogP contribution >= 0.6 is 35.7 Å². The number of amides is 1. The van der Waals surface area contributed by atoms with Crippen LogP contribution in [0.15, 0.2) is 41.5 Å². The number of aliphatic imine (C=N–C) groups is 1. The first-order valence-corrected chi connectivity index (χ1v) is 10.9. The van der Waals surface area contributed by atoms with Crippen LogP contribution in [0.3, 0.4) is 0 Å². The van der Waals surface area contributed by atoms with Gasteiger partial charge in [-0.15, -0.1) is 24.0 Å². The summed E-state index contributed by atoms with van der Waals surface area (Å²) in [5.74, 6) is 1.54. The van der Waals surface area contributed by atoms with E-state index in [1.54, 1.807) is 36.2 Å². The molecule has 0 aliphatic heterocycles. The molecular weight excluding hydrogens is 516 g/mol. The maximum absolute atomic E-state index is 13.5. The number of guanidine groups is 1. The van der Waals surface area contributed by atoms with Crippen molar-refractivity contribution in [3.63, 3.8) is 0 Å². The monoisotopic (exact) mass is 545 g/mol. The topological polar surface area (TPSA) is 78.4 Å². The molecule has 1 aromatic carbocycles. The average molecular weight is 545 g/mol. The Kier molecular flexibility index (Phi) is 12.4. The van der Waals surface area contributed by atoms with Crippen LogP contribution in [0.5, 0.6) is 0 Å². The Morgan fingerprint density at radius 1 is 1.20 bits per heavy atom. The lowest BCUT2D eigenvalue weighted by Crippen LogP contribution is -2.38. The third-order valence-electron chi connectivity index (χ3n) is 4.04. The fourth-order valence-electron chi connectivity index (χ4n) is 2.59. The first kappa shape index (κ1) is 26.2. The van der Waals surface area contributed by atoms with Gasteiger partial charge in [-0.1, -0.05) is 12.1 Å². The Morgan fingerprint density at radius 3 is 2.67 bits per heavy atom. The van der Waals surface area contributed by atoms with Crippen molar-refractivity contribution in [3.8, 4) is 0 Å². The van der Waals surface area contributed by atoms with E-state index in [1.807, 2.05) is 26.2 Å². The first-order chi connectivity index (χ1) is 14.0. The number of aryl methyl sites for hydroxylation is 1. The molecule has 1 amide bonds. The predicted molar refractivity (Wildman–Crippen MR) is 134 cm³/mol. The molecule has 0 bridgehead atoms. The Balaban J connectivity index is 0.00000450.